The fourth-order valence-corrected chi connectivity index (χ4v) is 5.19. The zero-order valence-electron chi connectivity index (χ0n) is 15.8. The second-order valence-electron chi connectivity index (χ2n) is 7.20. The van der Waals surface area contributed by atoms with Gasteiger partial charge in [-0.2, -0.15) is 5.06 Å². The molecule has 1 atom stereocenters. The largest absolute Gasteiger partial charge is 0.349 e. The lowest BCUT2D eigenvalue weighted by molar-refractivity contribution is -0.0734. The van der Waals surface area contributed by atoms with Gasteiger partial charge >= 0.3 is 6.03 Å². The third-order valence-corrected chi connectivity index (χ3v) is 6.86. The van der Waals surface area contributed by atoms with Gasteiger partial charge in [-0.25, -0.2) is 4.79 Å². The van der Waals surface area contributed by atoms with Gasteiger partial charge < -0.3 is 10.2 Å². The predicted molar refractivity (Wildman–Crippen MR) is 116 cm³/mol. The maximum atomic E-state index is 12.7. The number of benzene rings is 2. The molecule has 1 aliphatic heterocycles. The molecular weight excluding hydrogens is 378 g/mol. The molecule has 5 nitrogen and oxygen atoms in total. The molecule has 3 rings (SSSR count). The van der Waals surface area contributed by atoms with Gasteiger partial charge in [0.2, 0.25) is 0 Å². The Morgan fingerprint density at radius 3 is 2.74 bits per heavy atom. The first-order chi connectivity index (χ1) is 12.9. The number of anilines is 1. The first-order valence-electron chi connectivity index (χ1n) is 9.11. The number of nitrogens with one attached hydrogen (secondary N) is 1. The first-order valence-corrected chi connectivity index (χ1v) is 10.4. The number of carbonyl (C=O) groups is 1. The smallest absolute Gasteiger partial charge is 0.346 e. The van der Waals surface area contributed by atoms with Crippen LogP contribution in [-0.4, -0.2) is 43.0 Å². The summed E-state index contributed by atoms with van der Waals surface area (Å²) < 4.78 is 0.718. The predicted octanol–water partition coefficient (Wildman–Crippen LogP) is 5.30. The van der Waals surface area contributed by atoms with Crippen LogP contribution in [0.15, 0.2) is 42.5 Å². The highest BCUT2D eigenvalue weighted by Crippen LogP contribution is 2.41. The Balaban J connectivity index is 1.78. The van der Waals surface area contributed by atoms with E-state index in [1.807, 2.05) is 56.3 Å². The number of hydrogen-bond acceptors (Lipinski definition) is 4. The molecule has 0 bridgehead atoms. The standard InChI is InChI=1S/C20H25N3O2S2/c1-4-5-13-22-19(26)27-17(20(22,2)3)23(25)18(24)21-16-12-8-10-14-9-6-7-11-15(14)16/h6-12,17,25H,4-5,13H2,1-3H3,(H,21,24)/t17-/m1/s1. The Labute approximate surface area is 169 Å². The normalized spacial score (nSPS) is 18.7. The summed E-state index contributed by atoms with van der Waals surface area (Å²) in [6.45, 7) is 6.97. The van der Waals surface area contributed by atoms with Gasteiger partial charge in [0.15, 0.2) is 0 Å². The van der Waals surface area contributed by atoms with Crippen molar-refractivity contribution in [3.05, 3.63) is 42.5 Å². The molecule has 0 aliphatic carbocycles. The van der Waals surface area contributed by atoms with Crippen LogP contribution in [0.5, 0.6) is 0 Å². The number of unbranched alkanes of at least 4 members (excludes halogenated alkanes) is 1. The van der Waals surface area contributed by atoms with Gasteiger partial charge in [0, 0.05) is 11.9 Å². The van der Waals surface area contributed by atoms with Crippen molar-refractivity contribution in [2.75, 3.05) is 11.9 Å². The van der Waals surface area contributed by atoms with Crippen LogP contribution in [0, 0.1) is 0 Å². The summed E-state index contributed by atoms with van der Waals surface area (Å²) in [7, 11) is 0. The van der Waals surface area contributed by atoms with E-state index in [4.69, 9.17) is 12.2 Å². The Morgan fingerprint density at radius 1 is 1.30 bits per heavy atom. The molecule has 1 fully saturated rings. The van der Waals surface area contributed by atoms with Crippen molar-refractivity contribution in [1.82, 2.24) is 9.96 Å². The number of hydrogen-bond donors (Lipinski definition) is 2. The van der Waals surface area contributed by atoms with E-state index in [2.05, 4.69) is 17.1 Å². The zero-order chi connectivity index (χ0) is 19.6. The molecule has 0 spiro atoms. The van der Waals surface area contributed by atoms with Crippen LogP contribution in [0.4, 0.5) is 10.5 Å². The van der Waals surface area contributed by atoms with Crippen molar-refractivity contribution in [1.29, 1.82) is 0 Å². The van der Waals surface area contributed by atoms with E-state index in [-0.39, 0.29) is 0 Å². The Bertz CT molecular complexity index is 851. The molecule has 0 radical (unpaired) electrons. The summed E-state index contributed by atoms with van der Waals surface area (Å²) in [4.78, 5) is 14.9. The van der Waals surface area contributed by atoms with Crippen LogP contribution in [-0.2, 0) is 0 Å². The van der Waals surface area contributed by atoms with Gasteiger partial charge in [-0.15, -0.1) is 0 Å². The third kappa shape index (κ3) is 3.90. The molecule has 0 aromatic heterocycles. The fourth-order valence-electron chi connectivity index (χ4n) is 3.33. The van der Waals surface area contributed by atoms with E-state index in [0.717, 1.165) is 39.5 Å². The van der Waals surface area contributed by atoms with E-state index >= 15 is 0 Å². The second kappa shape index (κ2) is 8.04. The number of thioether (sulfide) groups is 1. The van der Waals surface area contributed by atoms with Crippen LogP contribution in [0.3, 0.4) is 0 Å². The highest BCUT2D eigenvalue weighted by molar-refractivity contribution is 8.23. The molecule has 1 saturated heterocycles. The van der Waals surface area contributed by atoms with Crippen LogP contribution in [0.25, 0.3) is 10.8 Å². The number of fused-ring (bicyclic) bond motifs is 1. The lowest BCUT2D eigenvalue weighted by Crippen LogP contribution is -2.54. The second-order valence-corrected chi connectivity index (χ2v) is 8.91. The average molecular weight is 404 g/mol. The molecule has 7 heteroatoms. The molecule has 2 aromatic rings. The molecule has 2 N–H and O–H groups in total. The van der Waals surface area contributed by atoms with E-state index in [9.17, 15) is 10.0 Å². The average Bonchev–Trinajstić information content (AvgIpc) is 2.88. The summed E-state index contributed by atoms with van der Waals surface area (Å²) >= 11 is 6.85. The quantitative estimate of drug-likeness (QED) is 0.403. The van der Waals surface area contributed by atoms with Crippen LogP contribution in [0.2, 0.25) is 0 Å². The molecule has 0 saturated carbocycles. The molecule has 1 heterocycles. The minimum absolute atomic E-state index is 0.457. The summed E-state index contributed by atoms with van der Waals surface area (Å²) in [5.41, 5.74) is 0.213. The van der Waals surface area contributed by atoms with E-state index in [1.54, 1.807) is 0 Å². The van der Waals surface area contributed by atoms with E-state index < -0.39 is 16.9 Å². The Kier molecular flexibility index (Phi) is 5.93. The van der Waals surface area contributed by atoms with Crippen molar-refractivity contribution in [2.24, 2.45) is 0 Å². The zero-order valence-corrected chi connectivity index (χ0v) is 17.4. The van der Waals surface area contributed by atoms with Gasteiger partial charge in [-0.1, -0.05) is 73.7 Å². The number of urea groups is 1. The number of thiocarbonyl (C=S) groups is 1. The molecule has 27 heavy (non-hydrogen) atoms. The van der Waals surface area contributed by atoms with Crippen LogP contribution in [0.1, 0.15) is 33.6 Å². The molecule has 1 aliphatic rings. The lowest BCUT2D eigenvalue weighted by Gasteiger charge is -2.38. The van der Waals surface area contributed by atoms with E-state index in [1.165, 1.54) is 11.8 Å². The molecular formula is C20H25N3O2S2. The number of carbonyl (C=O) groups excluding carboxylic acids is 1. The maximum Gasteiger partial charge on any atom is 0.346 e. The highest BCUT2D eigenvalue weighted by Gasteiger charge is 2.49. The van der Waals surface area contributed by atoms with Gasteiger partial charge in [0.05, 0.1) is 11.2 Å². The van der Waals surface area contributed by atoms with Crippen molar-refractivity contribution < 1.29 is 10.0 Å². The van der Waals surface area contributed by atoms with Crippen molar-refractivity contribution in [3.8, 4) is 0 Å². The highest BCUT2D eigenvalue weighted by atomic mass is 32.2. The summed E-state index contributed by atoms with van der Waals surface area (Å²) in [5.74, 6) is 0. The van der Waals surface area contributed by atoms with Crippen LogP contribution < -0.4 is 5.32 Å². The fraction of sp³-hybridized carbons (Fsp3) is 0.400. The van der Waals surface area contributed by atoms with Gasteiger partial charge in [0.1, 0.15) is 9.69 Å². The molecule has 144 valence electrons. The van der Waals surface area contributed by atoms with Gasteiger partial charge in [-0.05, 0) is 31.7 Å². The third-order valence-electron chi connectivity index (χ3n) is 4.93. The summed E-state index contributed by atoms with van der Waals surface area (Å²) in [6, 6.07) is 13.0. The monoisotopic (exact) mass is 403 g/mol. The Morgan fingerprint density at radius 2 is 2.00 bits per heavy atom. The van der Waals surface area contributed by atoms with Gasteiger partial charge in [-0.3, -0.25) is 5.21 Å². The Hall–Kier alpha value is -1.83. The maximum absolute atomic E-state index is 12.7. The topological polar surface area (TPSA) is 55.8 Å². The van der Waals surface area contributed by atoms with Crippen LogP contribution >= 0.6 is 24.0 Å². The summed E-state index contributed by atoms with van der Waals surface area (Å²) in [6.07, 6.45) is 2.08. The lowest BCUT2D eigenvalue weighted by atomic mass is 10.0. The summed E-state index contributed by atoms with van der Waals surface area (Å²) in [5, 5.41) is 15.8. The number of rotatable bonds is 5. The molecule has 2 amide bonds. The SMILES string of the molecule is CCCCN1C(=S)S[C@@H](N(O)C(=O)Nc2cccc3ccccc23)C1(C)C. The molecule has 2 aromatic carbocycles. The first kappa shape index (κ1) is 19.9. The number of hydroxylamine groups is 2. The number of nitrogens with zero attached hydrogens (tertiary/aromatic N) is 2. The van der Waals surface area contributed by atoms with E-state index in [0.29, 0.717) is 5.69 Å². The van der Waals surface area contributed by atoms with Crippen molar-refractivity contribution in [3.63, 3.8) is 0 Å². The minimum atomic E-state index is -0.558. The number of amides is 2. The van der Waals surface area contributed by atoms with Gasteiger partial charge in [0.25, 0.3) is 0 Å². The van der Waals surface area contributed by atoms with Crippen molar-refractivity contribution in [2.45, 2.75) is 44.5 Å². The molecule has 0 unspecified atom stereocenters. The minimum Gasteiger partial charge on any atom is -0.349 e. The van der Waals surface area contributed by atoms with Crippen molar-refractivity contribution >= 4 is 50.8 Å².